The van der Waals surface area contributed by atoms with E-state index in [1.165, 1.54) is 0 Å². The number of carbonyl (C=O) groups is 1. The number of rotatable bonds is 4. The van der Waals surface area contributed by atoms with Crippen LogP contribution in [-0.4, -0.2) is 26.8 Å². The molecule has 17 heavy (non-hydrogen) atoms. The fraction of sp³-hybridized carbons (Fsp3) is 0.250. The third kappa shape index (κ3) is 3.14. The Labute approximate surface area is 99.1 Å². The van der Waals surface area contributed by atoms with Crippen molar-refractivity contribution in [3.63, 3.8) is 0 Å². The summed E-state index contributed by atoms with van der Waals surface area (Å²) in [6, 6.07) is 6.96. The largest absolute Gasteiger partial charge is 0.456 e. The van der Waals surface area contributed by atoms with Crippen LogP contribution >= 0.6 is 0 Å². The topological polar surface area (TPSA) is 57.0 Å². The molecule has 0 amide bonds. The Hall–Kier alpha value is -2.17. The van der Waals surface area contributed by atoms with Gasteiger partial charge < -0.3 is 4.74 Å². The molecule has 0 radical (unpaired) electrons. The number of esters is 1. The van der Waals surface area contributed by atoms with Crippen LogP contribution in [0.5, 0.6) is 0 Å². The van der Waals surface area contributed by atoms with E-state index < -0.39 is 5.97 Å². The highest BCUT2D eigenvalue weighted by Crippen LogP contribution is 2.02. The van der Waals surface area contributed by atoms with Crippen LogP contribution in [0.3, 0.4) is 0 Å². The lowest BCUT2D eigenvalue weighted by Gasteiger charge is -2.12. The molecule has 0 aliphatic rings. The Bertz CT molecular complexity index is 468. The molecule has 0 unspecified atom stereocenters. The van der Waals surface area contributed by atoms with Gasteiger partial charge in [-0.25, -0.2) is 9.78 Å². The summed E-state index contributed by atoms with van der Waals surface area (Å²) in [6.07, 6.45) is 4.83. The van der Waals surface area contributed by atoms with Crippen molar-refractivity contribution in [2.75, 3.05) is 0 Å². The minimum Gasteiger partial charge on any atom is -0.456 e. The summed E-state index contributed by atoms with van der Waals surface area (Å²) in [5, 5.41) is 4.05. The summed E-state index contributed by atoms with van der Waals surface area (Å²) in [5.74, 6) is -0.412. The molecule has 2 aromatic rings. The molecular weight excluding hydrogens is 218 g/mol. The Balaban J connectivity index is 1.91. The molecule has 0 aromatic carbocycles. The fourth-order valence-electron chi connectivity index (χ4n) is 1.44. The van der Waals surface area contributed by atoms with Gasteiger partial charge in [0.15, 0.2) is 0 Å². The number of hydrogen-bond acceptors (Lipinski definition) is 4. The number of carbonyl (C=O) groups excluding carboxylic acids is 1. The predicted molar refractivity (Wildman–Crippen MR) is 61.3 cm³/mol. The molecule has 0 N–H and O–H groups in total. The highest BCUT2D eigenvalue weighted by Gasteiger charge is 2.13. The van der Waals surface area contributed by atoms with Crippen LogP contribution in [0, 0.1) is 0 Å². The van der Waals surface area contributed by atoms with E-state index in [1.807, 2.05) is 19.2 Å². The Kier molecular flexibility index (Phi) is 3.49. The smallest absolute Gasteiger partial charge is 0.357 e. The van der Waals surface area contributed by atoms with Gasteiger partial charge in [-0.2, -0.15) is 5.10 Å². The van der Waals surface area contributed by atoms with Crippen molar-refractivity contribution in [2.45, 2.75) is 19.6 Å². The van der Waals surface area contributed by atoms with Crippen molar-refractivity contribution in [1.29, 1.82) is 0 Å². The van der Waals surface area contributed by atoms with E-state index in [4.69, 9.17) is 4.74 Å². The van der Waals surface area contributed by atoms with Gasteiger partial charge in [0.05, 0.1) is 6.54 Å². The maximum atomic E-state index is 11.7. The third-order valence-corrected chi connectivity index (χ3v) is 2.19. The summed E-state index contributed by atoms with van der Waals surface area (Å²) in [6.45, 7) is 2.36. The lowest BCUT2D eigenvalue weighted by molar-refractivity contribution is 0.0292. The second-order valence-electron chi connectivity index (χ2n) is 3.66. The predicted octanol–water partition coefficient (Wildman–Crippen LogP) is 1.52. The first-order valence-electron chi connectivity index (χ1n) is 5.35. The van der Waals surface area contributed by atoms with Gasteiger partial charge in [0.2, 0.25) is 0 Å². The molecule has 0 saturated carbocycles. The monoisotopic (exact) mass is 231 g/mol. The van der Waals surface area contributed by atoms with Crippen molar-refractivity contribution in [3.8, 4) is 0 Å². The average molecular weight is 231 g/mol. The molecule has 0 spiro atoms. The standard InChI is InChI=1S/C12H13N3O2/c1-10(9-15-8-4-7-14-15)17-12(16)11-5-2-3-6-13-11/h2-8,10H,9H2,1H3/t10-/m0/s1. The maximum Gasteiger partial charge on any atom is 0.357 e. The molecule has 2 heterocycles. The first-order chi connectivity index (χ1) is 8.25. The Morgan fingerprint density at radius 3 is 2.94 bits per heavy atom. The maximum absolute atomic E-state index is 11.7. The molecule has 0 bridgehead atoms. The fourth-order valence-corrected chi connectivity index (χ4v) is 1.44. The first-order valence-corrected chi connectivity index (χ1v) is 5.35. The van der Waals surface area contributed by atoms with Crippen molar-refractivity contribution in [2.24, 2.45) is 0 Å². The normalized spacial score (nSPS) is 12.1. The van der Waals surface area contributed by atoms with Gasteiger partial charge in [0, 0.05) is 18.6 Å². The van der Waals surface area contributed by atoms with Gasteiger partial charge in [-0.15, -0.1) is 0 Å². The van der Waals surface area contributed by atoms with Crippen LogP contribution in [0.15, 0.2) is 42.9 Å². The molecule has 2 aromatic heterocycles. The summed E-state index contributed by atoms with van der Waals surface area (Å²) in [7, 11) is 0. The number of pyridine rings is 1. The summed E-state index contributed by atoms with van der Waals surface area (Å²) in [5.41, 5.74) is 0.319. The van der Waals surface area contributed by atoms with Crippen LogP contribution in [-0.2, 0) is 11.3 Å². The molecule has 1 atom stereocenters. The second kappa shape index (κ2) is 5.25. The molecule has 5 heteroatoms. The van der Waals surface area contributed by atoms with Crippen LogP contribution < -0.4 is 0 Å². The van der Waals surface area contributed by atoms with Gasteiger partial charge >= 0.3 is 5.97 Å². The Morgan fingerprint density at radius 1 is 1.41 bits per heavy atom. The zero-order valence-electron chi connectivity index (χ0n) is 9.48. The minimum atomic E-state index is -0.412. The summed E-state index contributed by atoms with van der Waals surface area (Å²) < 4.78 is 6.97. The van der Waals surface area contributed by atoms with Crippen molar-refractivity contribution in [3.05, 3.63) is 48.5 Å². The molecule has 2 rings (SSSR count). The highest BCUT2D eigenvalue weighted by molar-refractivity contribution is 5.87. The van der Waals surface area contributed by atoms with E-state index in [0.717, 1.165) is 0 Å². The van der Waals surface area contributed by atoms with Gasteiger partial charge in [-0.05, 0) is 25.1 Å². The van der Waals surface area contributed by atoms with E-state index in [9.17, 15) is 4.79 Å². The number of aromatic nitrogens is 3. The van der Waals surface area contributed by atoms with Crippen molar-refractivity contribution >= 4 is 5.97 Å². The number of nitrogens with zero attached hydrogens (tertiary/aromatic N) is 3. The third-order valence-electron chi connectivity index (χ3n) is 2.19. The highest BCUT2D eigenvalue weighted by atomic mass is 16.5. The van der Waals surface area contributed by atoms with E-state index in [-0.39, 0.29) is 6.10 Å². The number of hydrogen-bond donors (Lipinski definition) is 0. The zero-order chi connectivity index (χ0) is 12.1. The molecule has 0 saturated heterocycles. The molecule has 88 valence electrons. The lowest BCUT2D eigenvalue weighted by Crippen LogP contribution is -2.21. The van der Waals surface area contributed by atoms with E-state index in [2.05, 4.69) is 10.1 Å². The average Bonchev–Trinajstić information content (AvgIpc) is 2.82. The van der Waals surface area contributed by atoms with E-state index in [0.29, 0.717) is 12.2 Å². The number of ether oxygens (including phenoxy) is 1. The second-order valence-corrected chi connectivity index (χ2v) is 3.66. The lowest BCUT2D eigenvalue weighted by atomic mass is 10.3. The van der Waals surface area contributed by atoms with Crippen LogP contribution in [0.2, 0.25) is 0 Å². The van der Waals surface area contributed by atoms with Crippen LogP contribution in [0.25, 0.3) is 0 Å². The Morgan fingerprint density at radius 2 is 2.29 bits per heavy atom. The van der Waals surface area contributed by atoms with Crippen molar-refractivity contribution < 1.29 is 9.53 Å². The quantitative estimate of drug-likeness (QED) is 0.749. The van der Waals surface area contributed by atoms with Gasteiger partial charge in [-0.1, -0.05) is 6.07 Å². The van der Waals surface area contributed by atoms with Gasteiger partial charge in [-0.3, -0.25) is 4.68 Å². The van der Waals surface area contributed by atoms with Gasteiger partial charge in [0.25, 0.3) is 0 Å². The minimum absolute atomic E-state index is 0.246. The summed E-state index contributed by atoms with van der Waals surface area (Å²) in [4.78, 5) is 15.6. The zero-order valence-corrected chi connectivity index (χ0v) is 9.48. The molecule has 5 nitrogen and oxygen atoms in total. The van der Waals surface area contributed by atoms with E-state index in [1.54, 1.807) is 35.3 Å². The van der Waals surface area contributed by atoms with E-state index >= 15 is 0 Å². The molecular formula is C12H13N3O2. The molecule has 0 fully saturated rings. The molecule has 0 aliphatic heterocycles. The van der Waals surface area contributed by atoms with Crippen LogP contribution in [0.4, 0.5) is 0 Å². The summed E-state index contributed by atoms with van der Waals surface area (Å²) >= 11 is 0. The van der Waals surface area contributed by atoms with Crippen LogP contribution in [0.1, 0.15) is 17.4 Å². The molecule has 0 aliphatic carbocycles. The van der Waals surface area contributed by atoms with Crippen molar-refractivity contribution in [1.82, 2.24) is 14.8 Å². The SMILES string of the molecule is C[C@@H](Cn1cccn1)OC(=O)c1ccccn1. The first kappa shape index (κ1) is 11.3. The van der Waals surface area contributed by atoms with Gasteiger partial charge in [0.1, 0.15) is 11.8 Å².